The fourth-order valence-corrected chi connectivity index (χ4v) is 2.48. The SMILES string of the molecule is COCCC(N)C(=O)N1CCN(Cc2ccncc2)CC1. The largest absolute Gasteiger partial charge is 0.385 e. The zero-order chi connectivity index (χ0) is 15.1. The van der Waals surface area contributed by atoms with E-state index < -0.39 is 6.04 Å². The van der Waals surface area contributed by atoms with Gasteiger partial charge in [0.05, 0.1) is 6.04 Å². The molecule has 21 heavy (non-hydrogen) atoms. The molecule has 1 atom stereocenters. The summed E-state index contributed by atoms with van der Waals surface area (Å²) in [7, 11) is 1.62. The second-order valence-electron chi connectivity index (χ2n) is 5.34. The van der Waals surface area contributed by atoms with Gasteiger partial charge in [-0.15, -0.1) is 0 Å². The minimum atomic E-state index is -0.448. The van der Waals surface area contributed by atoms with E-state index in [4.69, 9.17) is 10.5 Å². The molecule has 1 aliphatic heterocycles. The standard InChI is InChI=1S/C15H24N4O2/c1-21-11-4-14(16)15(20)19-9-7-18(8-10-19)12-13-2-5-17-6-3-13/h2-3,5-6,14H,4,7-12,16H2,1H3. The van der Waals surface area contributed by atoms with Crippen molar-refractivity contribution < 1.29 is 9.53 Å². The fraction of sp³-hybridized carbons (Fsp3) is 0.600. The summed E-state index contributed by atoms with van der Waals surface area (Å²) in [4.78, 5) is 20.4. The lowest BCUT2D eigenvalue weighted by Gasteiger charge is -2.35. The Labute approximate surface area is 125 Å². The second kappa shape index (κ2) is 8.07. The normalized spacial score (nSPS) is 17.7. The number of amides is 1. The molecule has 0 bridgehead atoms. The zero-order valence-electron chi connectivity index (χ0n) is 12.6. The van der Waals surface area contributed by atoms with Gasteiger partial charge in [0.2, 0.25) is 5.91 Å². The molecule has 2 rings (SSSR count). The summed E-state index contributed by atoms with van der Waals surface area (Å²) in [5, 5.41) is 0. The van der Waals surface area contributed by atoms with Crippen LogP contribution in [-0.4, -0.2) is 66.6 Å². The Hall–Kier alpha value is -1.50. The number of carbonyl (C=O) groups excluding carboxylic acids is 1. The molecule has 1 amide bonds. The smallest absolute Gasteiger partial charge is 0.239 e. The minimum Gasteiger partial charge on any atom is -0.385 e. The number of piperazine rings is 1. The van der Waals surface area contributed by atoms with E-state index in [2.05, 4.69) is 9.88 Å². The summed E-state index contributed by atoms with van der Waals surface area (Å²) in [5.41, 5.74) is 7.15. The van der Waals surface area contributed by atoms with E-state index in [9.17, 15) is 4.79 Å². The first-order chi connectivity index (χ1) is 10.2. The zero-order valence-corrected chi connectivity index (χ0v) is 12.6. The van der Waals surface area contributed by atoms with Gasteiger partial charge >= 0.3 is 0 Å². The number of rotatable bonds is 6. The van der Waals surface area contributed by atoms with E-state index in [1.54, 1.807) is 7.11 Å². The molecule has 1 aliphatic rings. The maximum absolute atomic E-state index is 12.2. The van der Waals surface area contributed by atoms with E-state index in [-0.39, 0.29) is 5.91 Å². The van der Waals surface area contributed by atoms with Crippen LogP contribution in [0.15, 0.2) is 24.5 Å². The topological polar surface area (TPSA) is 71.7 Å². The average Bonchev–Trinajstić information content (AvgIpc) is 2.53. The molecule has 1 unspecified atom stereocenters. The van der Waals surface area contributed by atoms with Crippen LogP contribution in [0.3, 0.4) is 0 Å². The third-order valence-electron chi connectivity index (χ3n) is 3.79. The number of hydrogen-bond acceptors (Lipinski definition) is 5. The molecule has 1 saturated heterocycles. The number of aromatic nitrogens is 1. The van der Waals surface area contributed by atoms with Crippen LogP contribution >= 0.6 is 0 Å². The van der Waals surface area contributed by atoms with Crippen LogP contribution in [-0.2, 0) is 16.1 Å². The Morgan fingerprint density at radius 1 is 1.33 bits per heavy atom. The molecule has 2 heterocycles. The van der Waals surface area contributed by atoms with Crippen molar-refractivity contribution in [3.05, 3.63) is 30.1 Å². The van der Waals surface area contributed by atoms with Crippen LogP contribution in [0.1, 0.15) is 12.0 Å². The molecule has 0 saturated carbocycles. The molecular formula is C15H24N4O2. The molecule has 6 nitrogen and oxygen atoms in total. The summed E-state index contributed by atoms with van der Waals surface area (Å²) >= 11 is 0. The van der Waals surface area contributed by atoms with Gasteiger partial charge in [0, 0.05) is 58.8 Å². The maximum atomic E-state index is 12.2. The Kier molecular flexibility index (Phi) is 6.10. The molecular weight excluding hydrogens is 268 g/mol. The van der Waals surface area contributed by atoms with Crippen molar-refractivity contribution in [2.24, 2.45) is 5.73 Å². The summed E-state index contributed by atoms with van der Waals surface area (Å²) in [6, 6.07) is 3.60. The molecule has 1 aromatic rings. The average molecular weight is 292 g/mol. The highest BCUT2D eigenvalue weighted by Gasteiger charge is 2.24. The van der Waals surface area contributed by atoms with Crippen molar-refractivity contribution >= 4 is 5.91 Å². The molecule has 0 aromatic carbocycles. The first kappa shape index (κ1) is 15.9. The Bertz CT molecular complexity index is 433. The third kappa shape index (κ3) is 4.77. The minimum absolute atomic E-state index is 0.0376. The van der Waals surface area contributed by atoms with Crippen molar-refractivity contribution in [1.29, 1.82) is 0 Å². The van der Waals surface area contributed by atoms with Crippen molar-refractivity contribution in [2.75, 3.05) is 39.9 Å². The highest BCUT2D eigenvalue weighted by atomic mass is 16.5. The van der Waals surface area contributed by atoms with Crippen LogP contribution in [0.2, 0.25) is 0 Å². The highest BCUT2D eigenvalue weighted by molar-refractivity contribution is 5.81. The summed E-state index contributed by atoms with van der Waals surface area (Å²) in [6.45, 7) is 4.67. The monoisotopic (exact) mass is 292 g/mol. The maximum Gasteiger partial charge on any atom is 0.239 e. The molecule has 116 valence electrons. The van der Waals surface area contributed by atoms with E-state index in [0.29, 0.717) is 13.0 Å². The van der Waals surface area contributed by atoms with E-state index in [0.717, 1.165) is 32.7 Å². The number of hydrogen-bond donors (Lipinski definition) is 1. The predicted octanol–water partition coefficient (Wildman–Crippen LogP) is 0.0896. The predicted molar refractivity (Wildman–Crippen MR) is 80.6 cm³/mol. The van der Waals surface area contributed by atoms with Crippen molar-refractivity contribution in [3.8, 4) is 0 Å². The van der Waals surface area contributed by atoms with Crippen molar-refractivity contribution in [2.45, 2.75) is 19.0 Å². The Morgan fingerprint density at radius 2 is 2.00 bits per heavy atom. The molecule has 0 radical (unpaired) electrons. The van der Waals surface area contributed by atoms with Crippen LogP contribution in [0.25, 0.3) is 0 Å². The van der Waals surface area contributed by atoms with Gasteiger partial charge in [-0.25, -0.2) is 0 Å². The summed E-state index contributed by atoms with van der Waals surface area (Å²) in [6.07, 6.45) is 4.19. The molecule has 6 heteroatoms. The van der Waals surface area contributed by atoms with Gasteiger partial charge in [-0.05, 0) is 24.1 Å². The Morgan fingerprint density at radius 3 is 2.62 bits per heavy atom. The number of nitrogens with zero attached hydrogens (tertiary/aromatic N) is 3. The number of carbonyl (C=O) groups is 1. The molecule has 0 aliphatic carbocycles. The van der Waals surface area contributed by atoms with Gasteiger partial charge < -0.3 is 15.4 Å². The number of methoxy groups -OCH3 is 1. The van der Waals surface area contributed by atoms with Crippen molar-refractivity contribution in [3.63, 3.8) is 0 Å². The summed E-state index contributed by atoms with van der Waals surface area (Å²) < 4.78 is 4.97. The molecule has 1 fully saturated rings. The van der Waals surface area contributed by atoms with Crippen molar-refractivity contribution in [1.82, 2.24) is 14.8 Å². The van der Waals surface area contributed by atoms with Gasteiger partial charge in [-0.1, -0.05) is 0 Å². The molecule has 2 N–H and O–H groups in total. The van der Waals surface area contributed by atoms with Crippen LogP contribution in [0.4, 0.5) is 0 Å². The van der Waals surface area contributed by atoms with Gasteiger partial charge in [0.1, 0.15) is 0 Å². The third-order valence-corrected chi connectivity index (χ3v) is 3.79. The van der Waals surface area contributed by atoms with Gasteiger partial charge in [-0.2, -0.15) is 0 Å². The van der Waals surface area contributed by atoms with Gasteiger partial charge in [0.15, 0.2) is 0 Å². The fourth-order valence-electron chi connectivity index (χ4n) is 2.48. The van der Waals surface area contributed by atoms with Gasteiger partial charge in [0.25, 0.3) is 0 Å². The Balaban J connectivity index is 1.76. The van der Waals surface area contributed by atoms with Crippen LogP contribution in [0.5, 0.6) is 0 Å². The first-order valence-corrected chi connectivity index (χ1v) is 7.35. The lowest BCUT2D eigenvalue weighted by Crippen LogP contribution is -2.53. The second-order valence-corrected chi connectivity index (χ2v) is 5.34. The number of pyridine rings is 1. The van der Waals surface area contributed by atoms with E-state index in [1.807, 2.05) is 29.4 Å². The number of nitrogens with two attached hydrogens (primary N) is 1. The summed E-state index contributed by atoms with van der Waals surface area (Å²) in [5.74, 6) is 0.0376. The first-order valence-electron chi connectivity index (χ1n) is 7.35. The van der Waals surface area contributed by atoms with Crippen LogP contribution < -0.4 is 5.73 Å². The molecule has 1 aromatic heterocycles. The lowest BCUT2D eigenvalue weighted by atomic mass is 10.1. The van der Waals surface area contributed by atoms with E-state index in [1.165, 1.54) is 5.56 Å². The quantitative estimate of drug-likeness (QED) is 0.804. The highest BCUT2D eigenvalue weighted by Crippen LogP contribution is 2.09. The lowest BCUT2D eigenvalue weighted by molar-refractivity contribution is -0.134. The molecule has 0 spiro atoms. The number of ether oxygens (including phenoxy) is 1. The van der Waals surface area contributed by atoms with Crippen LogP contribution in [0, 0.1) is 0 Å². The van der Waals surface area contributed by atoms with E-state index >= 15 is 0 Å². The van der Waals surface area contributed by atoms with Gasteiger partial charge in [-0.3, -0.25) is 14.7 Å².